The van der Waals surface area contributed by atoms with Crippen molar-refractivity contribution in [3.05, 3.63) is 12.0 Å². The van der Waals surface area contributed by atoms with E-state index in [1.807, 2.05) is 6.92 Å². The van der Waals surface area contributed by atoms with Crippen LogP contribution < -0.4 is 0 Å². The van der Waals surface area contributed by atoms with E-state index in [0.717, 1.165) is 6.42 Å². The van der Waals surface area contributed by atoms with E-state index in [4.69, 9.17) is 20.8 Å². The van der Waals surface area contributed by atoms with Crippen molar-refractivity contribution in [1.29, 1.82) is 0 Å². The molecule has 0 saturated carbocycles. The molecule has 0 saturated heterocycles. The summed E-state index contributed by atoms with van der Waals surface area (Å²) in [6.45, 7) is 4.11. The Morgan fingerprint density at radius 2 is 2.50 bits per heavy atom. The zero-order chi connectivity index (χ0) is 12.0. The fraction of sp³-hybridized carbons (Fsp3) is 0.600. The molecule has 0 spiro atoms. The van der Waals surface area contributed by atoms with Crippen LogP contribution in [-0.2, 0) is 4.74 Å². The van der Waals surface area contributed by atoms with Crippen LogP contribution >= 0.6 is 23.4 Å². The van der Waals surface area contributed by atoms with Crippen molar-refractivity contribution >= 4 is 29.3 Å². The maximum atomic E-state index is 11.3. The minimum atomic E-state index is -0.455. The van der Waals surface area contributed by atoms with E-state index in [0.29, 0.717) is 23.0 Å². The minimum absolute atomic E-state index is 0.211. The first-order valence-corrected chi connectivity index (χ1v) is 6.44. The molecule has 0 N–H and O–H groups in total. The Labute approximate surface area is 104 Å². The second-order valence-corrected chi connectivity index (χ2v) is 4.89. The smallest absolute Gasteiger partial charge is 0.360 e. The number of aromatic nitrogens is 1. The Morgan fingerprint density at radius 1 is 1.75 bits per heavy atom. The summed E-state index contributed by atoms with van der Waals surface area (Å²) in [4.78, 5) is 15.3. The maximum Gasteiger partial charge on any atom is 0.360 e. The van der Waals surface area contributed by atoms with E-state index in [-0.39, 0.29) is 5.69 Å². The summed E-state index contributed by atoms with van der Waals surface area (Å²) < 4.78 is 9.96. The molecule has 4 nitrogen and oxygen atoms in total. The molecule has 0 amide bonds. The lowest BCUT2D eigenvalue weighted by molar-refractivity contribution is 0.0519. The van der Waals surface area contributed by atoms with E-state index in [2.05, 4.69) is 4.98 Å². The van der Waals surface area contributed by atoms with Gasteiger partial charge in [0.2, 0.25) is 0 Å². The van der Waals surface area contributed by atoms with E-state index in [9.17, 15) is 4.79 Å². The molecule has 1 aromatic rings. The molecular formula is C10H14ClNO3S. The van der Waals surface area contributed by atoms with Crippen LogP contribution in [0.2, 0.25) is 0 Å². The Hall–Kier alpha value is -0.680. The summed E-state index contributed by atoms with van der Waals surface area (Å²) in [5.74, 6) is 0.141. The van der Waals surface area contributed by atoms with E-state index in [1.165, 1.54) is 18.0 Å². The third-order valence-electron chi connectivity index (χ3n) is 1.79. The van der Waals surface area contributed by atoms with Gasteiger partial charge in [0, 0.05) is 11.1 Å². The Morgan fingerprint density at radius 3 is 3.12 bits per heavy atom. The normalized spacial score (nSPS) is 12.4. The highest BCUT2D eigenvalue weighted by atomic mass is 35.5. The summed E-state index contributed by atoms with van der Waals surface area (Å²) in [5, 5.41) is 0.784. The van der Waals surface area contributed by atoms with Gasteiger partial charge in [-0.15, -0.1) is 11.6 Å². The van der Waals surface area contributed by atoms with Crippen molar-refractivity contribution in [3.63, 3.8) is 0 Å². The fourth-order valence-electron chi connectivity index (χ4n) is 0.995. The molecule has 6 heteroatoms. The Kier molecular flexibility index (Phi) is 5.69. The van der Waals surface area contributed by atoms with E-state index < -0.39 is 5.97 Å². The zero-order valence-electron chi connectivity index (χ0n) is 9.23. The number of halogens is 1. The van der Waals surface area contributed by atoms with Gasteiger partial charge in [-0.2, -0.15) is 4.98 Å². The van der Waals surface area contributed by atoms with E-state index >= 15 is 0 Å². The number of hydrogen-bond acceptors (Lipinski definition) is 5. The molecule has 0 aliphatic heterocycles. The monoisotopic (exact) mass is 263 g/mol. The summed E-state index contributed by atoms with van der Waals surface area (Å²) in [5.41, 5.74) is 0.211. The zero-order valence-corrected chi connectivity index (χ0v) is 10.8. The second kappa shape index (κ2) is 6.81. The van der Waals surface area contributed by atoms with Crippen LogP contribution in [0.3, 0.4) is 0 Å². The second-order valence-electron chi connectivity index (χ2n) is 3.13. The Bertz CT molecular complexity index is 343. The predicted octanol–water partition coefficient (Wildman–Crippen LogP) is 2.96. The first kappa shape index (κ1) is 13.4. The lowest BCUT2D eigenvalue weighted by Crippen LogP contribution is -2.04. The van der Waals surface area contributed by atoms with Crippen LogP contribution in [0.5, 0.6) is 0 Å². The molecular weight excluding hydrogens is 250 g/mol. The number of thioether (sulfide) groups is 1. The van der Waals surface area contributed by atoms with Crippen molar-refractivity contribution in [3.8, 4) is 0 Å². The van der Waals surface area contributed by atoms with Gasteiger partial charge in [-0.3, -0.25) is 0 Å². The van der Waals surface area contributed by atoms with Crippen molar-refractivity contribution in [2.24, 2.45) is 0 Å². The lowest BCUT2D eigenvalue weighted by Gasteiger charge is -2.03. The van der Waals surface area contributed by atoms with Gasteiger partial charge in [0.15, 0.2) is 5.69 Å². The predicted molar refractivity (Wildman–Crippen MR) is 63.1 cm³/mol. The molecule has 1 atom stereocenters. The van der Waals surface area contributed by atoms with Gasteiger partial charge in [-0.1, -0.05) is 18.7 Å². The number of nitrogens with zero attached hydrogens (tertiary/aromatic N) is 1. The summed E-state index contributed by atoms with van der Waals surface area (Å²) in [6, 6.07) is 0. The number of ether oxygens (including phenoxy) is 1. The molecule has 16 heavy (non-hydrogen) atoms. The minimum Gasteiger partial charge on any atom is -0.461 e. The third-order valence-corrected chi connectivity index (χ3v) is 3.03. The average Bonchev–Trinajstić information content (AvgIpc) is 2.67. The summed E-state index contributed by atoms with van der Waals surface area (Å²) in [7, 11) is 0. The highest BCUT2D eigenvalue weighted by molar-refractivity contribution is 7.99. The van der Waals surface area contributed by atoms with Gasteiger partial charge in [0.1, 0.15) is 6.26 Å². The van der Waals surface area contributed by atoms with Crippen LogP contribution in [0.4, 0.5) is 0 Å². The van der Waals surface area contributed by atoms with E-state index in [1.54, 1.807) is 6.92 Å². The molecule has 1 rings (SSSR count). The van der Waals surface area contributed by atoms with Gasteiger partial charge in [-0.05, 0) is 13.3 Å². The van der Waals surface area contributed by atoms with Crippen LogP contribution in [0.1, 0.15) is 30.8 Å². The fourth-order valence-corrected chi connectivity index (χ4v) is 2.29. The van der Waals surface area contributed by atoms with Crippen molar-refractivity contribution in [2.45, 2.75) is 30.7 Å². The average molecular weight is 264 g/mol. The van der Waals surface area contributed by atoms with Crippen LogP contribution in [0.25, 0.3) is 0 Å². The van der Waals surface area contributed by atoms with Crippen LogP contribution in [0, 0.1) is 0 Å². The van der Waals surface area contributed by atoms with Crippen LogP contribution in [-0.4, -0.2) is 28.7 Å². The molecule has 1 aromatic heterocycles. The molecule has 1 unspecified atom stereocenters. The quantitative estimate of drug-likeness (QED) is 0.449. The number of carbonyl (C=O) groups excluding carboxylic acids is 1. The number of carbonyl (C=O) groups is 1. The van der Waals surface area contributed by atoms with Gasteiger partial charge >= 0.3 is 5.97 Å². The topological polar surface area (TPSA) is 52.3 Å². The van der Waals surface area contributed by atoms with Gasteiger partial charge in [0.05, 0.1) is 6.61 Å². The SMILES string of the molecule is CCOC(=O)c1coc(SC(C)CCCl)n1. The molecule has 0 bridgehead atoms. The van der Waals surface area contributed by atoms with Gasteiger partial charge in [0.25, 0.3) is 5.22 Å². The van der Waals surface area contributed by atoms with Gasteiger partial charge < -0.3 is 9.15 Å². The number of hydrogen-bond donors (Lipinski definition) is 0. The highest BCUT2D eigenvalue weighted by Gasteiger charge is 2.15. The largest absolute Gasteiger partial charge is 0.461 e. The molecule has 1 heterocycles. The number of alkyl halides is 1. The summed E-state index contributed by atoms with van der Waals surface area (Å²) >= 11 is 7.08. The number of rotatable bonds is 6. The molecule has 90 valence electrons. The maximum absolute atomic E-state index is 11.3. The Balaban J connectivity index is 2.54. The first-order valence-electron chi connectivity index (χ1n) is 5.02. The van der Waals surface area contributed by atoms with Crippen molar-refractivity contribution in [1.82, 2.24) is 4.98 Å². The number of esters is 1. The van der Waals surface area contributed by atoms with Crippen molar-refractivity contribution in [2.75, 3.05) is 12.5 Å². The third kappa shape index (κ3) is 4.06. The van der Waals surface area contributed by atoms with Gasteiger partial charge in [-0.25, -0.2) is 4.79 Å². The lowest BCUT2D eigenvalue weighted by atomic mass is 10.4. The summed E-state index contributed by atoms with van der Waals surface area (Å²) in [6.07, 6.45) is 2.18. The molecule has 0 aromatic carbocycles. The highest BCUT2D eigenvalue weighted by Crippen LogP contribution is 2.24. The molecule has 0 fully saturated rings. The first-order chi connectivity index (χ1) is 7.67. The molecule has 0 aliphatic carbocycles. The number of oxazole rings is 1. The molecule has 0 radical (unpaired) electrons. The van der Waals surface area contributed by atoms with Crippen LogP contribution in [0.15, 0.2) is 15.9 Å². The standard InChI is InChI=1S/C10H14ClNO3S/c1-3-14-9(13)8-6-15-10(12-8)16-7(2)4-5-11/h6-7H,3-5H2,1-2H3. The van der Waals surface area contributed by atoms with Crippen molar-refractivity contribution < 1.29 is 13.9 Å². The molecule has 0 aliphatic rings.